The van der Waals surface area contributed by atoms with Crippen molar-refractivity contribution in [3.05, 3.63) is 24.3 Å². The van der Waals surface area contributed by atoms with E-state index in [4.69, 9.17) is 33.2 Å². The van der Waals surface area contributed by atoms with Gasteiger partial charge in [-0.15, -0.1) is 0 Å². The molecule has 0 aromatic rings. The van der Waals surface area contributed by atoms with E-state index in [1.165, 1.54) is 154 Å². The third kappa shape index (κ3) is 45.6. The number of allylic oxidation sites excluding steroid dienone is 2. The summed E-state index contributed by atoms with van der Waals surface area (Å²) in [5.74, 6) is 0. The minimum absolute atomic E-state index is 0.174. The van der Waals surface area contributed by atoms with Crippen molar-refractivity contribution in [2.45, 2.75) is 285 Å². The molecule has 0 fully saturated rings. The summed E-state index contributed by atoms with van der Waals surface area (Å²) in [7, 11) is 0. The van der Waals surface area contributed by atoms with Gasteiger partial charge in [-0.2, -0.15) is 0 Å². The van der Waals surface area contributed by atoms with E-state index in [0.29, 0.717) is 13.2 Å². The molecular formula is C54H106O7. The van der Waals surface area contributed by atoms with Gasteiger partial charge in [0.25, 0.3) is 0 Å². The van der Waals surface area contributed by atoms with Gasteiger partial charge in [0.05, 0.1) is 0 Å². The highest BCUT2D eigenvalue weighted by molar-refractivity contribution is 4.90. The van der Waals surface area contributed by atoms with E-state index in [-0.39, 0.29) is 12.6 Å². The molecule has 0 aliphatic heterocycles. The lowest BCUT2D eigenvalue weighted by molar-refractivity contribution is -0.207. The summed E-state index contributed by atoms with van der Waals surface area (Å²) in [5.41, 5.74) is 0. The lowest BCUT2D eigenvalue weighted by atomic mass is 10.1. The van der Waals surface area contributed by atoms with Crippen LogP contribution in [0.4, 0.5) is 0 Å². The van der Waals surface area contributed by atoms with E-state index in [1.54, 1.807) is 0 Å². The van der Waals surface area contributed by atoms with Crippen LogP contribution in [0.2, 0.25) is 0 Å². The average Bonchev–Trinajstić information content (AvgIpc) is 3.27. The molecule has 61 heavy (non-hydrogen) atoms. The lowest BCUT2D eigenvalue weighted by Crippen LogP contribution is -2.25. The summed E-state index contributed by atoms with van der Waals surface area (Å²) in [6.07, 6.45) is 48.1. The average molecular weight is 867 g/mol. The normalized spacial score (nSPS) is 13.2. The zero-order valence-electron chi connectivity index (χ0n) is 41.8. The first-order valence-electron chi connectivity index (χ1n) is 26.8. The fraction of sp³-hybridized carbons (Fsp3) is 0.926. The Morgan fingerprint density at radius 3 is 0.803 bits per heavy atom. The van der Waals surface area contributed by atoms with Crippen LogP contribution in [0.5, 0.6) is 0 Å². The van der Waals surface area contributed by atoms with Crippen molar-refractivity contribution in [1.82, 2.24) is 0 Å². The first-order chi connectivity index (χ1) is 30.1. The van der Waals surface area contributed by atoms with E-state index in [0.717, 1.165) is 90.6 Å². The third-order valence-corrected chi connectivity index (χ3v) is 11.2. The summed E-state index contributed by atoms with van der Waals surface area (Å²) >= 11 is 0. The molecule has 0 N–H and O–H groups in total. The van der Waals surface area contributed by atoms with Crippen LogP contribution < -0.4 is 0 Å². The molecule has 364 valence electrons. The standard InChI is InChI=1S/C54H106O7/c1-7-13-17-21-25-29-37-47-57-51(58-48-38-30-26-22-18-14-8-2)41-33-35-43-53(55-45-11-5)61-54(56-46-12-6)44-36-34-42-52(59-49-39-31-27-23-19-15-9-3)60-50-40-32-28-24-20-16-10-4/h35-36,43-44,51-54H,7-34,37-42,45-50H2,1-6H3. The van der Waals surface area contributed by atoms with Crippen molar-refractivity contribution in [2.75, 3.05) is 39.6 Å². The van der Waals surface area contributed by atoms with Crippen molar-refractivity contribution < 1.29 is 33.2 Å². The Bertz CT molecular complexity index is 758. The van der Waals surface area contributed by atoms with Gasteiger partial charge in [-0.1, -0.05) is 208 Å². The summed E-state index contributed by atoms with van der Waals surface area (Å²) < 4.78 is 44.0. The van der Waals surface area contributed by atoms with Gasteiger partial charge in [0.15, 0.2) is 25.2 Å². The fourth-order valence-electron chi connectivity index (χ4n) is 7.29. The van der Waals surface area contributed by atoms with Crippen molar-refractivity contribution >= 4 is 0 Å². The molecule has 2 unspecified atom stereocenters. The summed E-state index contributed by atoms with van der Waals surface area (Å²) in [6, 6.07) is 0. The Hall–Kier alpha value is -0.800. The predicted octanol–water partition coefficient (Wildman–Crippen LogP) is 16.9. The molecule has 7 nitrogen and oxygen atoms in total. The maximum Gasteiger partial charge on any atom is 0.180 e. The molecule has 0 amide bonds. The minimum Gasteiger partial charge on any atom is -0.353 e. The van der Waals surface area contributed by atoms with Crippen LogP contribution >= 0.6 is 0 Å². The van der Waals surface area contributed by atoms with Crippen LogP contribution in [-0.2, 0) is 33.2 Å². The SMILES string of the molecule is CCCCCCCCCOC(CCC=CC(OCCC)OC(C=CCCC(OCCCCCCCCC)OCCCCCCCCC)OCCC)OCCCCCCCCC. The molecule has 0 aliphatic carbocycles. The maximum atomic E-state index is 6.43. The molecule has 0 heterocycles. The predicted molar refractivity (Wildman–Crippen MR) is 261 cm³/mol. The smallest absolute Gasteiger partial charge is 0.180 e. The van der Waals surface area contributed by atoms with Gasteiger partial charge in [0, 0.05) is 52.5 Å². The topological polar surface area (TPSA) is 64.6 Å². The van der Waals surface area contributed by atoms with Crippen molar-refractivity contribution in [3.8, 4) is 0 Å². The Morgan fingerprint density at radius 1 is 0.279 bits per heavy atom. The zero-order chi connectivity index (χ0) is 44.4. The van der Waals surface area contributed by atoms with E-state index in [2.05, 4.69) is 53.7 Å². The Morgan fingerprint density at radius 2 is 0.541 bits per heavy atom. The van der Waals surface area contributed by atoms with Crippen molar-refractivity contribution in [1.29, 1.82) is 0 Å². The zero-order valence-corrected chi connectivity index (χ0v) is 41.8. The van der Waals surface area contributed by atoms with Gasteiger partial charge >= 0.3 is 0 Å². The quantitative estimate of drug-likeness (QED) is 0.0343. The van der Waals surface area contributed by atoms with Crippen LogP contribution in [0.15, 0.2) is 24.3 Å². The minimum atomic E-state index is -0.490. The fourth-order valence-corrected chi connectivity index (χ4v) is 7.29. The number of unbranched alkanes of at least 4 members (excludes halogenated alkanes) is 24. The lowest BCUT2D eigenvalue weighted by Gasteiger charge is -2.22. The highest BCUT2D eigenvalue weighted by Gasteiger charge is 2.15. The monoisotopic (exact) mass is 867 g/mol. The van der Waals surface area contributed by atoms with Gasteiger partial charge < -0.3 is 33.2 Å². The summed E-state index contributed by atoms with van der Waals surface area (Å²) in [4.78, 5) is 0. The Labute approximate surface area is 380 Å². The molecule has 0 aliphatic rings. The summed E-state index contributed by atoms with van der Waals surface area (Å²) in [5, 5.41) is 0. The largest absolute Gasteiger partial charge is 0.353 e. The van der Waals surface area contributed by atoms with E-state index in [9.17, 15) is 0 Å². The van der Waals surface area contributed by atoms with Crippen molar-refractivity contribution in [2.24, 2.45) is 0 Å². The van der Waals surface area contributed by atoms with Crippen molar-refractivity contribution in [3.63, 3.8) is 0 Å². The molecule has 0 aromatic carbocycles. The van der Waals surface area contributed by atoms with Gasteiger partial charge in [-0.3, -0.25) is 0 Å². The number of ether oxygens (including phenoxy) is 7. The van der Waals surface area contributed by atoms with Crippen LogP contribution in [0.1, 0.15) is 260 Å². The third-order valence-electron chi connectivity index (χ3n) is 11.2. The van der Waals surface area contributed by atoms with Crippen LogP contribution in [-0.4, -0.2) is 64.8 Å². The van der Waals surface area contributed by atoms with E-state index in [1.807, 2.05) is 12.2 Å². The highest BCUT2D eigenvalue weighted by atomic mass is 16.8. The maximum absolute atomic E-state index is 6.43. The molecule has 0 rings (SSSR count). The Kier molecular flexibility index (Phi) is 51.2. The van der Waals surface area contributed by atoms with Gasteiger partial charge in [-0.25, -0.2) is 0 Å². The second-order valence-electron chi connectivity index (χ2n) is 17.5. The molecule has 0 radical (unpaired) electrons. The van der Waals surface area contributed by atoms with Crippen LogP contribution in [0.3, 0.4) is 0 Å². The second-order valence-corrected chi connectivity index (χ2v) is 17.5. The number of hydrogen-bond donors (Lipinski definition) is 0. The van der Waals surface area contributed by atoms with Crippen LogP contribution in [0, 0.1) is 0 Å². The molecule has 2 atom stereocenters. The van der Waals surface area contributed by atoms with Crippen LogP contribution in [0.25, 0.3) is 0 Å². The first kappa shape index (κ1) is 60.2. The molecule has 0 aromatic heterocycles. The van der Waals surface area contributed by atoms with E-state index < -0.39 is 12.6 Å². The van der Waals surface area contributed by atoms with Gasteiger partial charge in [-0.05, 0) is 63.5 Å². The highest BCUT2D eigenvalue weighted by Crippen LogP contribution is 2.16. The number of hydrogen-bond acceptors (Lipinski definition) is 7. The van der Waals surface area contributed by atoms with Gasteiger partial charge in [0.1, 0.15) is 0 Å². The summed E-state index contributed by atoms with van der Waals surface area (Å²) in [6.45, 7) is 17.7. The second kappa shape index (κ2) is 51.8. The van der Waals surface area contributed by atoms with E-state index >= 15 is 0 Å². The molecule has 0 saturated carbocycles. The molecule has 0 bridgehead atoms. The molecule has 0 spiro atoms. The molecule has 0 saturated heterocycles. The number of rotatable bonds is 52. The van der Waals surface area contributed by atoms with Gasteiger partial charge in [0.2, 0.25) is 0 Å². The molecule has 7 heteroatoms. The Balaban J connectivity index is 5.21. The molecular weight excluding hydrogens is 761 g/mol. The first-order valence-corrected chi connectivity index (χ1v) is 26.8.